The Labute approximate surface area is 217 Å². The number of nitrogens with zero attached hydrogens (tertiary/aromatic N) is 2. The number of halogens is 3. The standard InChI is InChI=1S/C26H30F3N3O6/c1-14(2)31(24(33)16-7-5-15(3)6-8-16)21-10-9-17(11-18(21)25(34)37-4)38-23-13-20(30)22(32(35)36)12-19(23)26(27,28)29/h9-16H,5-8,30H2,1-4H3. The molecule has 0 unspecified atom stereocenters. The molecule has 0 heterocycles. The maximum atomic E-state index is 13.7. The van der Waals surface area contributed by atoms with Crippen molar-refractivity contribution in [1.29, 1.82) is 0 Å². The van der Waals surface area contributed by atoms with Crippen LogP contribution in [0, 0.1) is 22.0 Å². The maximum absolute atomic E-state index is 13.7. The summed E-state index contributed by atoms with van der Waals surface area (Å²) < 4.78 is 51.3. The Hall–Kier alpha value is -3.83. The average Bonchev–Trinajstić information content (AvgIpc) is 2.83. The smallest absolute Gasteiger partial charge is 0.420 e. The SMILES string of the molecule is COC(=O)c1cc(Oc2cc(N)c([N+](=O)[O-])cc2C(F)(F)F)ccc1N(C(=O)C1CCC(C)CC1)C(C)C. The molecule has 12 heteroatoms. The zero-order chi connectivity index (χ0) is 28.4. The predicted molar refractivity (Wildman–Crippen MR) is 134 cm³/mol. The zero-order valence-corrected chi connectivity index (χ0v) is 21.5. The van der Waals surface area contributed by atoms with Gasteiger partial charge in [0.25, 0.3) is 5.69 Å². The van der Waals surface area contributed by atoms with Gasteiger partial charge < -0.3 is 20.1 Å². The quantitative estimate of drug-likeness (QED) is 0.189. The van der Waals surface area contributed by atoms with Crippen LogP contribution in [-0.4, -0.2) is 30.0 Å². The number of nitro groups is 1. The number of amides is 1. The topological polar surface area (TPSA) is 125 Å². The molecule has 0 aromatic heterocycles. The van der Waals surface area contributed by atoms with Crippen LogP contribution < -0.4 is 15.4 Å². The Balaban J connectivity index is 2.05. The second-order valence-electron chi connectivity index (χ2n) is 9.69. The van der Waals surface area contributed by atoms with Crippen LogP contribution in [0.5, 0.6) is 11.5 Å². The summed E-state index contributed by atoms with van der Waals surface area (Å²) in [6, 6.07) is 4.57. The lowest BCUT2D eigenvalue weighted by Gasteiger charge is -2.34. The Morgan fingerprint density at radius 2 is 1.76 bits per heavy atom. The van der Waals surface area contributed by atoms with Gasteiger partial charge in [0.05, 0.1) is 23.3 Å². The summed E-state index contributed by atoms with van der Waals surface area (Å²) in [5.74, 6) is -1.61. The third kappa shape index (κ3) is 6.17. The molecule has 3 rings (SSSR count). The first-order valence-corrected chi connectivity index (χ1v) is 12.1. The van der Waals surface area contributed by atoms with Crippen LogP contribution in [0.4, 0.5) is 30.2 Å². The number of anilines is 2. The largest absolute Gasteiger partial charge is 0.465 e. The van der Waals surface area contributed by atoms with E-state index in [9.17, 15) is 32.9 Å². The van der Waals surface area contributed by atoms with Gasteiger partial charge in [-0.3, -0.25) is 14.9 Å². The summed E-state index contributed by atoms with van der Waals surface area (Å²) in [5, 5.41) is 11.1. The molecule has 9 nitrogen and oxygen atoms in total. The Kier molecular flexibility index (Phi) is 8.53. The second-order valence-corrected chi connectivity index (χ2v) is 9.69. The van der Waals surface area contributed by atoms with E-state index < -0.39 is 39.8 Å². The summed E-state index contributed by atoms with van der Waals surface area (Å²) in [7, 11) is 1.14. The number of nitrogens with two attached hydrogens (primary N) is 1. The van der Waals surface area contributed by atoms with Gasteiger partial charge in [0.1, 0.15) is 22.7 Å². The minimum absolute atomic E-state index is 0.0836. The number of nitrogen functional groups attached to an aromatic ring is 1. The molecular formula is C26H30F3N3O6. The number of benzene rings is 2. The van der Waals surface area contributed by atoms with Crippen LogP contribution in [0.1, 0.15) is 62.4 Å². The van der Waals surface area contributed by atoms with Crippen LogP contribution in [0.15, 0.2) is 30.3 Å². The first-order chi connectivity index (χ1) is 17.7. The van der Waals surface area contributed by atoms with Crippen molar-refractivity contribution in [3.05, 3.63) is 51.6 Å². The monoisotopic (exact) mass is 537 g/mol. The second kappa shape index (κ2) is 11.3. The van der Waals surface area contributed by atoms with Gasteiger partial charge >= 0.3 is 12.1 Å². The van der Waals surface area contributed by atoms with Crippen molar-refractivity contribution in [2.45, 2.75) is 58.7 Å². The first-order valence-electron chi connectivity index (χ1n) is 12.1. The van der Waals surface area contributed by atoms with E-state index in [0.29, 0.717) is 18.1 Å². The molecule has 1 aliphatic rings. The maximum Gasteiger partial charge on any atom is 0.420 e. The van der Waals surface area contributed by atoms with Crippen molar-refractivity contribution in [2.75, 3.05) is 17.7 Å². The number of esters is 1. The van der Waals surface area contributed by atoms with Crippen molar-refractivity contribution >= 4 is 28.9 Å². The molecule has 0 atom stereocenters. The number of ether oxygens (including phenoxy) is 2. The van der Waals surface area contributed by atoms with Crippen LogP contribution in [0.2, 0.25) is 0 Å². The van der Waals surface area contributed by atoms with E-state index in [4.69, 9.17) is 15.2 Å². The van der Waals surface area contributed by atoms with Gasteiger partial charge in [-0.15, -0.1) is 0 Å². The molecule has 0 aliphatic heterocycles. The van der Waals surface area contributed by atoms with Gasteiger partial charge in [-0.1, -0.05) is 6.92 Å². The highest BCUT2D eigenvalue weighted by Gasteiger charge is 2.38. The Morgan fingerprint density at radius 3 is 2.29 bits per heavy atom. The van der Waals surface area contributed by atoms with Crippen LogP contribution >= 0.6 is 0 Å². The lowest BCUT2D eigenvalue weighted by molar-refractivity contribution is -0.384. The number of nitro benzene ring substituents is 1. The fourth-order valence-corrected chi connectivity index (χ4v) is 4.59. The zero-order valence-electron chi connectivity index (χ0n) is 21.5. The van der Waals surface area contributed by atoms with E-state index in [1.807, 2.05) is 0 Å². The Morgan fingerprint density at radius 1 is 1.13 bits per heavy atom. The molecule has 1 aliphatic carbocycles. The molecular weight excluding hydrogens is 507 g/mol. The summed E-state index contributed by atoms with van der Waals surface area (Å²) >= 11 is 0. The number of hydrogen-bond acceptors (Lipinski definition) is 7. The highest BCUT2D eigenvalue weighted by Crippen LogP contribution is 2.43. The molecule has 0 spiro atoms. The number of hydrogen-bond donors (Lipinski definition) is 1. The number of carbonyl (C=O) groups excluding carboxylic acids is 2. The first kappa shape index (κ1) is 28.7. The lowest BCUT2D eigenvalue weighted by Crippen LogP contribution is -2.43. The summed E-state index contributed by atoms with van der Waals surface area (Å²) in [5.41, 5.74) is 2.89. The molecule has 2 aromatic rings. The molecule has 0 radical (unpaired) electrons. The van der Waals surface area contributed by atoms with E-state index in [2.05, 4.69) is 6.92 Å². The van der Waals surface area contributed by atoms with E-state index in [-0.39, 0.29) is 34.9 Å². The summed E-state index contributed by atoms with van der Waals surface area (Å²) in [6.45, 7) is 5.73. The normalized spacial score (nSPS) is 17.7. The molecule has 1 saturated carbocycles. The molecule has 38 heavy (non-hydrogen) atoms. The van der Waals surface area contributed by atoms with E-state index in [1.165, 1.54) is 23.1 Å². The third-order valence-corrected chi connectivity index (χ3v) is 6.61. The molecule has 2 aromatic carbocycles. The van der Waals surface area contributed by atoms with Crippen molar-refractivity contribution in [3.8, 4) is 11.5 Å². The van der Waals surface area contributed by atoms with E-state index in [1.54, 1.807) is 13.8 Å². The van der Waals surface area contributed by atoms with Crippen molar-refractivity contribution < 1.29 is 37.2 Å². The minimum atomic E-state index is -4.99. The van der Waals surface area contributed by atoms with Crippen LogP contribution in [-0.2, 0) is 15.7 Å². The average molecular weight is 538 g/mol. The summed E-state index contributed by atoms with van der Waals surface area (Å²) in [6.07, 6.45) is -1.71. The number of rotatable bonds is 7. The fraction of sp³-hybridized carbons (Fsp3) is 0.462. The predicted octanol–water partition coefficient (Wildman–Crippen LogP) is 6.34. The molecule has 2 N–H and O–H groups in total. The number of alkyl halides is 3. The van der Waals surface area contributed by atoms with E-state index in [0.717, 1.165) is 32.8 Å². The van der Waals surface area contributed by atoms with Gasteiger partial charge in [0.2, 0.25) is 5.91 Å². The number of methoxy groups -OCH3 is 1. The highest BCUT2D eigenvalue weighted by atomic mass is 19.4. The van der Waals surface area contributed by atoms with Crippen molar-refractivity contribution in [2.24, 2.45) is 11.8 Å². The van der Waals surface area contributed by atoms with Gasteiger partial charge in [-0.2, -0.15) is 13.2 Å². The molecule has 1 amide bonds. The van der Waals surface area contributed by atoms with Crippen molar-refractivity contribution in [3.63, 3.8) is 0 Å². The molecule has 0 saturated heterocycles. The van der Waals surface area contributed by atoms with Crippen molar-refractivity contribution in [1.82, 2.24) is 0 Å². The molecule has 1 fully saturated rings. The van der Waals surface area contributed by atoms with E-state index >= 15 is 0 Å². The van der Waals surface area contributed by atoms with Gasteiger partial charge in [0, 0.05) is 24.1 Å². The molecule has 0 bridgehead atoms. The lowest BCUT2D eigenvalue weighted by atomic mass is 9.82. The van der Waals surface area contributed by atoms with Gasteiger partial charge in [0.15, 0.2) is 0 Å². The highest BCUT2D eigenvalue weighted by molar-refractivity contribution is 6.04. The minimum Gasteiger partial charge on any atom is -0.465 e. The summed E-state index contributed by atoms with van der Waals surface area (Å²) in [4.78, 5) is 37.8. The fourth-order valence-electron chi connectivity index (χ4n) is 4.59. The molecule has 206 valence electrons. The van der Waals surface area contributed by atoms with Crippen LogP contribution in [0.3, 0.4) is 0 Å². The third-order valence-electron chi connectivity index (χ3n) is 6.61. The van der Waals surface area contributed by atoms with Gasteiger partial charge in [-0.25, -0.2) is 4.79 Å². The number of carbonyl (C=O) groups is 2. The van der Waals surface area contributed by atoms with Gasteiger partial charge in [-0.05, 0) is 63.6 Å². The Bertz CT molecular complexity index is 1220. The van der Waals surface area contributed by atoms with Crippen LogP contribution in [0.25, 0.3) is 0 Å².